The van der Waals surface area contributed by atoms with E-state index >= 15 is 0 Å². The lowest BCUT2D eigenvalue weighted by molar-refractivity contribution is 0.0367. The van der Waals surface area contributed by atoms with E-state index in [1.165, 1.54) is 0 Å². The largest absolute Gasteiger partial charge is 0.444 e. The molecule has 1 aromatic carbocycles. The Morgan fingerprint density at radius 3 is 2.68 bits per heavy atom. The van der Waals surface area contributed by atoms with Crippen LogP contribution in [0.1, 0.15) is 52.3 Å². The summed E-state index contributed by atoms with van der Waals surface area (Å²) in [5.41, 5.74) is -0.254. The van der Waals surface area contributed by atoms with Crippen molar-refractivity contribution in [2.75, 3.05) is 0 Å². The maximum Gasteiger partial charge on any atom is 0.408 e. The summed E-state index contributed by atoms with van der Waals surface area (Å²) in [4.78, 5) is 32.1. The van der Waals surface area contributed by atoms with Gasteiger partial charge in [-0.3, -0.25) is 4.79 Å². The van der Waals surface area contributed by atoms with E-state index in [1.54, 1.807) is 6.07 Å². The molecule has 2 aromatic rings. The summed E-state index contributed by atoms with van der Waals surface area (Å²) < 4.78 is 5.38. The molecule has 5 rings (SSSR count). The van der Waals surface area contributed by atoms with Gasteiger partial charge in [0.1, 0.15) is 11.4 Å². The topological polar surface area (TPSA) is 84.1 Å². The normalized spacial score (nSPS) is 27.8. The molecule has 0 unspecified atom stereocenters. The SMILES string of the molecule is CC(C)(C)OC(=O)NC12CCC(c3nc4ccccc4c(=O)[nH]3)(C1)C2. The molecule has 6 heteroatoms. The van der Waals surface area contributed by atoms with Gasteiger partial charge in [-0.05, 0) is 58.6 Å². The fourth-order valence-electron chi connectivity index (χ4n) is 4.37. The van der Waals surface area contributed by atoms with Crippen molar-refractivity contribution in [2.45, 2.75) is 63.0 Å². The summed E-state index contributed by atoms with van der Waals surface area (Å²) in [5, 5.41) is 3.65. The summed E-state index contributed by atoms with van der Waals surface area (Å²) in [6, 6.07) is 7.38. The fourth-order valence-corrected chi connectivity index (χ4v) is 4.37. The molecule has 2 bridgehead atoms. The van der Waals surface area contributed by atoms with Gasteiger partial charge >= 0.3 is 6.09 Å². The lowest BCUT2D eigenvalue weighted by Gasteiger charge is -2.46. The molecule has 0 aliphatic heterocycles. The predicted octanol–water partition coefficient (Wildman–Crippen LogP) is 3.01. The summed E-state index contributed by atoms with van der Waals surface area (Å²) in [6.07, 6.45) is 3.00. The number of amides is 1. The molecule has 0 saturated heterocycles. The first-order chi connectivity index (χ1) is 11.7. The zero-order valence-electron chi connectivity index (χ0n) is 14.8. The van der Waals surface area contributed by atoms with Gasteiger partial charge in [-0.2, -0.15) is 0 Å². The molecule has 1 amide bonds. The number of aromatic nitrogens is 2. The molecule has 1 aromatic heterocycles. The summed E-state index contributed by atoms with van der Waals surface area (Å²) in [5.74, 6) is 0.746. The third-order valence-electron chi connectivity index (χ3n) is 5.32. The van der Waals surface area contributed by atoms with E-state index in [4.69, 9.17) is 9.72 Å². The van der Waals surface area contributed by atoms with E-state index < -0.39 is 5.60 Å². The van der Waals surface area contributed by atoms with Crippen molar-refractivity contribution < 1.29 is 9.53 Å². The number of alkyl carbamates (subject to hydrolysis) is 1. The van der Waals surface area contributed by atoms with Gasteiger partial charge in [-0.25, -0.2) is 9.78 Å². The first-order valence-electron chi connectivity index (χ1n) is 8.71. The summed E-state index contributed by atoms with van der Waals surface area (Å²) in [6.45, 7) is 5.56. The van der Waals surface area contributed by atoms with Gasteiger partial charge in [0.05, 0.1) is 10.9 Å². The van der Waals surface area contributed by atoms with Crippen LogP contribution in [0.15, 0.2) is 29.1 Å². The number of carbonyl (C=O) groups is 1. The van der Waals surface area contributed by atoms with E-state index in [9.17, 15) is 9.59 Å². The molecule has 0 spiro atoms. The standard InChI is InChI=1S/C19H23N3O3/c1-17(2,3)25-16(24)22-19-9-8-18(10-19,11-19)15-20-13-7-5-4-6-12(13)14(23)21-15/h4-7H,8-11H2,1-3H3,(H,22,24)(H,20,21,23). The van der Waals surface area contributed by atoms with Gasteiger partial charge in [0.25, 0.3) is 5.56 Å². The van der Waals surface area contributed by atoms with Gasteiger partial charge in [0, 0.05) is 11.0 Å². The molecule has 1 heterocycles. The number of nitrogens with one attached hydrogen (secondary N) is 2. The minimum Gasteiger partial charge on any atom is -0.444 e. The van der Waals surface area contributed by atoms with Gasteiger partial charge in [-0.15, -0.1) is 0 Å². The quantitative estimate of drug-likeness (QED) is 0.879. The molecule has 25 heavy (non-hydrogen) atoms. The number of H-pyrrole nitrogens is 1. The van der Waals surface area contributed by atoms with E-state index in [2.05, 4.69) is 10.3 Å². The second-order valence-electron chi connectivity index (χ2n) is 8.47. The Morgan fingerprint density at radius 2 is 1.96 bits per heavy atom. The number of aromatic amines is 1. The number of rotatable bonds is 2. The molecule has 3 fully saturated rings. The molecule has 6 nitrogen and oxygen atoms in total. The van der Waals surface area contributed by atoms with E-state index in [1.807, 2.05) is 39.0 Å². The third-order valence-corrected chi connectivity index (χ3v) is 5.32. The van der Waals surface area contributed by atoms with Crippen LogP contribution in [0.25, 0.3) is 10.9 Å². The van der Waals surface area contributed by atoms with E-state index in [0.29, 0.717) is 5.39 Å². The molecule has 3 aliphatic rings. The highest BCUT2D eigenvalue weighted by molar-refractivity contribution is 5.77. The average molecular weight is 341 g/mol. The van der Waals surface area contributed by atoms with E-state index in [0.717, 1.165) is 37.0 Å². The first kappa shape index (κ1) is 16.1. The summed E-state index contributed by atoms with van der Waals surface area (Å²) >= 11 is 0. The van der Waals surface area contributed by atoms with Crippen LogP contribution in [-0.4, -0.2) is 27.2 Å². The number of para-hydroxylation sites is 1. The van der Waals surface area contributed by atoms with Crippen molar-refractivity contribution in [1.82, 2.24) is 15.3 Å². The molecule has 0 atom stereocenters. The molecule has 2 N–H and O–H groups in total. The number of carbonyl (C=O) groups excluding carboxylic acids is 1. The molecular weight excluding hydrogens is 318 g/mol. The highest BCUT2D eigenvalue weighted by Gasteiger charge is 2.63. The molecule has 3 saturated carbocycles. The molecule has 3 aliphatic carbocycles. The zero-order valence-corrected chi connectivity index (χ0v) is 14.8. The molecule has 0 radical (unpaired) electrons. The Hall–Kier alpha value is -2.37. The van der Waals surface area contributed by atoms with Gasteiger partial charge in [0.2, 0.25) is 0 Å². The number of benzene rings is 1. The Labute approximate surface area is 146 Å². The van der Waals surface area contributed by atoms with Crippen molar-refractivity contribution >= 4 is 17.0 Å². The molecule has 132 valence electrons. The number of hydrogen-bond donors (Lipinski definition) is 2. The Balaban J connectivity index is 1.55. The van der Waals surface area contributed by atoms with Crippen molar-refractivity contribution in [3.63, 3.8) is 0 Å². The van der Waals surface area contributed by atoms with Crippen LogP contribution >= 0.6 is 0 Å². The Bertz CT molecular complexity index is 904. The second kappa shape index (κ2) is 5.07. The zero-order chi connectivity index (χ0) is 17.9. The van der Waals surface area contributed by atoms with Crippen molar-refractivity contribution in [1.29, 1.82) is 0 Å². The van der Waals surface area contributed by atoms with Crippen molar-refractivity contribution in [3.05, 3.63) is 40.4 Å². The number of nitrogens with zero attached hydrogens (tertiary/aromatic N) is 1. The van der Waals surface area contributed by atoms with Crippen LogP contribution in [0.3, 0.4) is 0 Å². The second-order valence-corrected chi connectivity index (χ2v) is 8.47. The monoisotopic (exact) mass is 341 g/mol. The third kappa shape index (κ3) is 2.69. The number of ether oxygens (including phenoxy) is 1. The maximum absolute atomic E-state index is 12.3. The van der Waals surface area contributed by atoms with E-state index in [-0.39, 0.29) is 22.6 Å². The van der Waals surface area contributed by atoms with Gasteiger partial charge < -0.3 is 15.0 Å². The highest BCUT2D eigenvalue weighted by atomic mass is 16.6. The van der Waals surface area contributed by atoms with Crippen molar-refractivity contribution in [2.24, 2.45) is 0 Å². The lowest BCUT2D eigenvalue weighted by atomic mass is 9.64. The lowest BCUT2D eigenvalue weighted by Crippen LogP contribution is -2.58. The minimum atomic E-state index is -0.509. The average Bonchev–Trinajstić information content (AvgIpc) is 3.01. The molecular formula is C19H23N3O3. The van der Waals surface area contributed by atoms with Crippen molar-refractivity contribution in [3.8, 4) is 0 Å². The van der Waals surface area contributed by atoms with Crippen LogP contribution < -0.4 is 10.9 Å². The maximum atomic E-state index is 12.3. The fraction of sp³-hybridized carbons (Fsp3) is 0.526. The van der Waals surface area contributed by atoms with Crippen LogP contribution in [-0.2, 0) is 10.2 Å². The van der Waals surface area contributed by atoms with Crippen LogP contribution in [0, 0.1) is 0 Å². The smallest absolute Gasteiger partial charge is 0.408 e. The Morgan fingerprint density at radius 1 is 1.24 bits per heavy atom. The summed E-state index contributed by atoms with van der Waals surface area (Å²) in [7, 11) is 0. The number of hydrogen-bond acceptors (Lipinski definition) is 4. The van der Waals surface area contributed by atoms with Crippen LogP contribution in [0.5, 0.6) is 0 Å². The number of fused-ring (bicyclic) bond motifs is 2. The predicted molar refractivity (Wildman–Crippen MR) is 94.6 cm³/mol. The highest BCUT2D eigenvalue weighted by Crippen LogP contribution is 2.61. The van der Waals surface area contributed by atoms with Gasteiger partial charge in [-0.1, -0.05) is 12.1 Å². The van der Waals surface area contributed by atoms with Crippen LogP contribution in [0.2, 0.25) is 0 Å². The Kier molecular flexibility index (Phi) is 3.27. The van der Waals surface area contributed by atoms with Crippen LogP contribution in [0.4, 0.5) is 4.79 Å². The first-order valence-corrected chi connectivity index (χ1v) is 8.71. The minimum absolute atomic E-state index is 0.0977. The van der Waals surface area contributed by atoms with Gasteiger partial charge in [0.15, 0.2) is 0 Å².